The molecule has 0 amide bonds. The maximum atomic E-state index is 13.4. The van der Waals surface area contributed by atoms with E-state index < -0.39 is 0 Å². The van der Waals surface area contributed by atoms with Gasteiger partial charge in [0.1, 0.15) is 11.6 Å². The Morgan fingerprint density at radius 2 is 1.90 bits per heavy atom. The number of thiophene rings is 1. The Balaban J connectivity index is 1.45. The molecule has 1 saturated heterocycles. The van der Waals surface area contributed by atoms with Crippen LogP contribution in [0.25, 0.3) is 0 Å². The second-order valence-corrected chi connectivity index (χ2v) is 9.35. The number of rotatable bonds is 5. The largest absolute Gasteiger partial charge is 0.438 e. The fraction of sp³-hybridized carbons (Fsp3) is 0.417. The van der Waals surface area contributed by atoms with Crippen molar-refractivity contribution >= 4 is 17.3 Å². The molecule has 0 radical (unpaired) electrons. The van der Waals surface area contributed by atoms with Crippen LogP contribution in [0.5, 0.6) is 11.6 Å². The topological polar surface area (TPSA) is 41.5 Å². The Labute approximate surface area is 186 Å². The zero-order chi connectivity index (χ0) is 21.2. The molecule has 2 aliphatic heterocycles. The lowest BCUT2D eigenvalue weighted by Gasteiger charge is -2.33. The highest BCUT2D eigenvalue weighted by Gasteiger charge is 2.27. The van der Waals surface area contributed by atoms with E-state index in [4.69, 9.17) is 14.7 Å². The van der Waals surface area contributed by atoms with Gasteiger partial charge in [0.25, 0.3) is 0 Å². The minimum Gasteiger partial charge on any atom is -0.438 e. The van der Waals surface area contributed by atoms with Crippen molar-refractivity contribution in [3.05, 3.63) is 63.7 Å². The van der Waals surface area contributed by atoms with Gasteiger partial charge in [0, 0.05) is 39.1 Å². The molecule has 2 aromatic heterocycles. The molecule has 0 bridgehead atoms. The van der Waals surface area contributed by atoms with E-state index in [9.17, 15) is 4.39 Å². The Morgan fingerprint density at radius 1 is 1.10 bits per heavy atom. The van der Waals surface area contributed by atoms with E-state index in [1.807, 2.05) is 0 Å². The molecule has 1 aromatic carbocycles. The van der Waals surface area contributed by atoms with E-state index in [1.165, 1.54) is 17.7 Å². The highest BCUT2D eigenvalue weighted by molar-refractivity contribution is 7.07. The third-order valence-corrected chi connectivity index (χ3v) is 6.90. The normalized spacial score (nSPS) is 17.5. The highest BCUT2D eigenvalue weighted by Crippen LogP contribution is 2.33. The molecule has 5 nitrogen and oxygen atoms in total. The molecule has 0 spiro atoms. The minimum absolute atomic E-state index is 0.276. The average molecular weight is 439 g/mol. The predicted octanol–water partition coefficient (Wildman–Crippen LogP) is 5.26. The molecule has 31 heavy (non-hydrogen) atoms. The fourth-order valence-corrected chi connectivity index (χ4v) is 4.91. The Hall–Kier alpha value is -2.51. The van der Waals surface area contributed by atoms with Gasteiger partial charge in [-0.2, -0.15) is 16.3 Å². The zero-order valence-corrected chi connectivity index (χ0v) is 18.6. The summed E-state index contributed by atoms with van der Waals surface area (Å²) in [7, 11) is 0. The number of hydrogen-bond donors (Lipinski definition) is 0. The van der Waals surface area contributed by atoms with E-state index in [1.54, 1.807) is 23.5 Å². The van der Waals surface area contributed by atoms with Crippen LogP contribution in [0.4, 0.5) is 10.3 Å². The summed E-state index contributed by atoms with van der Waals surface area (Å²) in [6, 6.07) is 8.31. The lowest BCUT2D eigenvalue weighted by atomic mass is 9.99. The Kier molecular flexibility index (Phi) is 5.87. The molecule has 3 aromatic rings. The van der Waals surface area contributed by atoms with Crippen molar-refractivity contribution in [2.24, 2.45) is 5.92 Å². The average Bonchev–Trinajstić information content (AvgIpc) is 3.29. The second kappa shape index (κ2) is 8.93. The lowest BCUT2D eigenvalue weighted by Crippen LogP contribution is -2.36. The number of ether oxygens (including phenoxy) is 1. The molecule has 162 valence electrons. The third-order valence-electron chi connectivity index (χ3n) is 6.17. The van der Waals surface area contributed by atoms with Gasteiger partial charge in [0.05, 0.1) is 11.3 Å². The number of nitrogens with zero attached hydrogens (tertiary/aromatic N) is 4. The van der Waals surface area contributed by atoms with Crippen molar-refractivity contribution in [1.29, 1.82) is 0 Å². The number of aromatic nitrogens is 2. The summed E-state index contributed by atoms with van der Waals surface area (Å²) in [6.45, 7) is 6.87. The molecule has 1 fully saturated rings. The van der Waals surface area contributed by atoms with Gasteiger partial charge in [0.2, 0.25) is 11.8 Å². The number of benzene rings is 1. The minimum atomic E-state index is -0.276. The summed E-state index contributed by atoms with van der Waals surface area (Å²) in [5.74, 6) is 2.42. The van der Waals surface area contributed by atoms with Gasteiger partial charge in [-0.05, 0) is 65.4 Å². The maximum Gasteiger partial charge on any atom is 0.228 e. The Bertz CT molecular complexity index is 1020. The monoisotopic (exact) mass is 438 g/mol. The number of fused-ring (bicyclic) bond motifs is 1. The van der Waals surface area contributed by atoms with Crippen LogP contribution >= 0.6 is 11.3 Å². The van der Waals surface area contributed by atoms with Crippen LogP contribution in [-0.2, 0) is 19.5 Å². The van der Waals surface area contributed by atoms with Gasteiger partial charge in [-0.1, -0.05) is 6.92 Å². The number of halogens is 1. The quantitative estimate of drug-likeness (QED) is 0.543. The van der Waals surface area contributed by atoms with Crippen molar-refractivity contribution in [2.45, 2.75) is 39.3 Å². The van der Waals surface area contributed by atoms with Crippen LogP contribution < -0.4 is 9.64 Å². The van der Waals surface area contributed by atoms with Crippen molar-refractivity contribution in [2.75, 3.05) is 24.5 Å². The van der Waals surface area contributed by atoms with Gasteiger partial charge < -0.3 is 9.64 Å². The van der Waals surface area contributed by atoms with E-state index in [2.05, 4.69) is 33.6 Å². The van der Waals surface area contributed by atoms with Crippen LogP contribution in [0.1, 0.15) is 36.6 Å². The smallest absolute Gasteiger partial charge is 0.228 e. The number of anilines is 1. The van der Waals surface area contributed by atoms with Gasteiger partial charge in [-0.3, -0.25) is 4.90 Å². The highest BCUT2D eigenvalue weighted by atomic mass is 32.1. The summed E-state index contributed by atoms with van der Waals surface area (Å²) in [5, 5.41) is 4.31. The summed E-state index contributed by atoms with van der Waals surface area (Å²) >= 11 is 1.73. The van der Waals surface area contributed by atoms with Gasteiger partial charge >= 0.3 is 0 Å². The SMILES string of the molecule is CC1CCN(c2nc3c(c(Oc4ccc(F)cc4)n2)CN(Cc2ccsc2)CC3)CC1. The van der Waals surface area contributed by atoms with E-state index in [0.717, 1.165) is 75.1 Å². The van der Waals surface area contributed by atoms with Gasteiger partial charge in [-0.25, -0.2) is 9.37 Å². The van der Waals surface area contributed by atoms with Crippen molar-refractivity contribution in [3.8, 4) is 11.6 Å². The zero-order valence-electron chi connectivity index (χ0n) is 17.8. The first-order chi connectivity index (χ1) is 15.1. The Morgan fingerprint density at radius 3 is 2.65 bits per heavy atom. The fourth-order valence-electron chi connectivity index (χ4n) is 4.25. The molecule has 7 heteroatoms. The summed E-state index contributed by atoms with van der Waals surface area (Å²) in [6.07, 6.45) is 3.19. The third kappa shape index (κ3) is 4.72. The maximum absolute atomic E-state index is 13.4. The predicted molar refractivity (Wildman–Crippen MR) is 121 cm³/mol. The van der Waals surface area contributed by atoms with Crippen LogP contribution in [0.15, 0.2) is 41.1 Å². The van der Waals surface area contributed by atoms with Crippen molar-refractivity contribution in [1.82, 2.24) is 14.9 Å². The first-order valence-corrected chi connectivity index (χ1v) is 11.9. The first-order valence-electron chi connectivity index (χ1n) is 11.0. The van der Waals surface area contributed by atoms with Crippen LogP contribution in [0.2, 0.25) is 0 Å². The summed E-state index contributed by atoms with van der Waals surface area (Å²) in [5.41, 5.74) is 3.44. The number of piperidine rings is 1. The standard InChI is InChI=1S/C24H27FN4OS/c1-17-6-11-29(12-7-17)24-26-22-8-10-28(14-18-9-13-31-16-18)15-21(22)23(27-24)30-20-4-2-19(25)3-5-20/h2-5,9,13,16-17H,6-8,10-12,14-15H2,1H3. The van der Waals surface area contributed by atoms with Crippen molar-refractivity contribution < 1.29 is 9.13 Å². The molecule has 0 saturated carbocycles. The molecule has 0 unspecified atom stereocenters. The lowest BCUT2D eigenvalue weighted by molar-refractivity contribution is 0.238. The molecule has 0 aliphatic carbocycles. The molecule has 4 heterocycles. The second-order valence-electron chi connectivity index (χ2n) is 8.57. The molecule has 0 N–H and O–H groups in total. The molecule has 5 rings (SSSR count). The number of hydrogen-bond acceptors (Lipinski definition) is 6. The first kappa shape index (κ1) is 20.4. The van der Waals surface area contributed by atoms with E-state index >= 15 is 0 Å². The summed E-state index contributed by atoms with van der Waals surface area (Å²) in [4.78, 5) is 14.5. The van der Waals surface area contributed by atoms with Crippen LogP contribution in [0.3, 0.4) is 0 Å². The van der Waals surface area contributed by atoms with Crippen LogP contribution in [0, 0.1) is 11.7 Å². The molecular weight excluding hydrogens is 411 g/mol. The van der Waals surface area contributed by atoms with E-state index in [0.29, 0.717) is 11.6 Å². The van der Waals surface area contributed by atoms with Crippen LogP contribution in [-0.4, -0.2) is 34.5 Å². The van der Waals surface area contributed by atoms with Gasteiger partial charge in [-0.15, -0.1) is 0 Å². The summed E-state index contributed by atoms with van der Waals surface area (Å²) < 4.78 is 19.6. The van der Waals surface area contributed by atoms with E-state index in [-0.39, 0.29) is 5.82 Å². The molecule has 2 aliphatic rings. The molecule has 0 atom stereocenters. The molecular formula is C24H27FN4OS. The van der Waals surface area contributed by atoms with Gasteiger partial charge in [0.15, 0.2) is 0 Å². The van der Waals surface area contributed by atoms with Crippen molar-refractivity contribution in [3.63, 3.8) is 0 Å².